The standard InChI is InChI=1S/C13H20ClN3O2/c1-9-16-11(14)10(7-18)12(17-9)15-8-13(2,3)5-6-19-4/h7H,5-6,8H2,1-4H3,(H,15,16,17). The third-order valence-electron chi connectivity index (χ3n) is 2.85. The minimum absolute atomic E-state index is 0.0293. The van der Waals surface area contributed by atoms with E-state index in [1.165, 1.54) is 0 Å². The number of nitrogens with one attached hydrogen (secondary N) is 1. The molecule has 0 bridgehead atoms. The van der Waals surface area contributed by atoms with Gasteiger partial charge in [0.2, 0.25) is 0 Å². The zero-order chi connectivity index (χ0) is 14.5. The van der Waals surface area contributed by atoms with Crippen LogP contribution in [0.3, 0.4) is 0 Å². The third kappa shape index (κ3) is 4.76. The van der Waals surface area contributed by atoms with Crippen molar-refractivity contribution in [3.8, 4) is 0 Å². The van der Waals surface area contributed by atoms with Gasteiger partial charge in [0.05, 0.1) is 5.56 Å². The van der Waals surface area contributed by atoms with E-state index in [1.807, 2.05) is 0 Å². The molecule has 0 fully saturated rings. The van der Waals surface area contributed by atoms with Gasteiger partial charge >= 0.3 is 0 Å². The molecule has 0 aromatic carbocycles. The molecule has 0 aliphatic rings. The van der Waals surface area contributed by atoms with E-state index in [1.54, 1.807) is 14.0 Å². The molecule has 0 aliphatic carbocycles. The van der Waals surface area contributed by atoms with Crippen molar-refractivity contribution in [1.29, 1.82) is 0 Å². The Balaban J connectivity index is 2.79. The van der Waals surface area contributed by atoms with Crippen molar-refractivity contribution in [3.63, 3.8) is 0 Å². The summed E-state index contributed by atoms with van der Waals surface area (Å²) in [4.78, 5) is 19.2. The smallest absolute Gasteiger partial charge is 0.156 e. The van der Waals surface area contributed by atoms with Crippen LogP contribution in [0.4, 0.5) is 5.82 Å². The maximum atomic E-state index is 11.0. The summed E-state index contributed by atoms with van der Waals surface area (Å²) in [6.07, 6.45) is 1.58. The van der Waals surface area contributed by atoms with Crippen LogP contribution in [-0.4, -0.2) is 36.5 Å². The Kier molecular flexibility index (Phi) is 5.69. The number of carbonyl (C=O) groups excluding carboxylic acids is 1. The minimum Gasteiger partial charge on any atom is -0.385 e. The Hall–Kier alpha value is -1.20. The topological polar surface area (TPSA) is 64.1 Å². The Morgan fingerprint density at radius 1 is 1.42 bits per heavy atom. The fourth-order valence-corrected chi connectivity index (χ4v) is 1.83. The second-order valence-corrected chi connectivity index (χ2v) is 5.56. The number of hydrogen-bond acceptors (Lipinski definition) is 5. The first-order valence-electron chi connectivity index (χ1n) is 6.12. The Morgan fingerprint density at radius 2 is 2.11 bits per heavy atom. The molecule has 19 heavy (non-hydrogen) atoms. The van der Waals surface area contributed by atoms with Gasteiger partial charge in [-0.05, 0) is 18.8 Å². The van der Waals surface area contributed by atoms with Crippen molar-refractivity contribution in [2.24, 2.45) is 5.41 Å². The van der Waals surface area contributed by atoms with E-state index >= 15 is 0 Å². The van der Waals surface area contributed by atoms with Crippen LogP contribution in [-0.2, 0) is 4.74 Å². The minimum atomic E-state index is 0.0293. The number of aryl methyl sites for hydroxylation is 1. The van der Waals surface area contributed by atoms with Crippen molar-refractivity contribution in [2.75, 3.05) is 25.6 Å². The van der Waals surface area contributed by atoms with Crippen LogP contribution in [0.25, 0.3) is 0 Å². The molecule has 1 N–H and O–H groups in total. The fourth-order valence-electron chi connectivity index (χ4n) is 1.58. The molecule has 0 aliphatic heterocycles. The first-order valence-corrected chi connectivity index (χ1v) is 6.49. The number of nitrogens with zero attached hydrogens (tertiary/aromatic N) is 2. The number of aldehydes is 1. The van der Waals surface area contributed by atoms with Crippen LogP contribution in [0, 0.1) is 12.3 Å². The van der Waals surface area contributed by atoms with Crippen molar-refractivity contribution >= 4 is 23.7 Å². The predicted molar refractivity (Wildman–Crippen MR) is 75.9 cm³/mol. The second-order valence-electron chi connectivity index (χ2n) is 5.20. The molecule has 1 heterocycles. The first kappa shape index (κ1) is 15.9. The number of anilines is 1. The molecule has 0 spiro atoms. The predicted octanol–water partition coefficient (Wildman–Crippen LogP) is 2.73. The van der Waals surface area contributed by atoms with E-state index in [2.05, 4.69) is 29.1 Å². The number of aromatic nitrogens is 2. The molecule has 1 rings (SSSR count). The quantitative estimate of drug-likeness (QED) is 0.616. The highest BCUT2D eigenvalue weighted by atomic mass is 35.5. The van der Waals surface area contributed by atoms with E-state index in [0.717, 1.165) is 6.42 Å². The molecule has 0 saturated carbocycles. The van der Waals surface area contributed by atoms with Crippen LogP contribution in [0.5, 0.6) is 0 Å². The molecular formula is C13H20ClN3O2. The van der Waals surface area contributed by atoms with Crippen molar-refractivity contribution in [1.82, 2.24) is 9.97 Å². The third-order valence-corrected chi connectivity index (χ3v) is 3.13. The zero-order valence-corrected chi connectivity index (χ0v) is 12.5. The molecule has 5 nitrogen and oxygen atoms in total. The van der Waals surface area contributed by atoms with Crippen LogP contribution >= 0.6 is 11.6 Å². The number of hydrogen-bond donors (Lipinski definition) is 1. The van der Waals surface area contributed by atoms with Gasteiger partial charge < -0.3 is 10.1 Å². The number of halogens is 1. The second kappa shape index (κ2) is 6.82. The normalized spacial score (nSPS) is 11.4. The van der Waals surface area contributed by atoms with E-state index in [0.29, 0.717) is 36.6 Å². The Morgan fingerprint density at radius 3 is 2.68 bits per heavy atom. The monoisotopic (exact) mass is 285 g/mol. The molecular weight excluding hydrogens is 266 g/mol. The summed E-state index contributed by atoms with van der Waals surface area (Å²) in [6, 6.07) is 0. The summed E-state index contributed by atoms with van der Waals surface area (Å²) in [7, 11) is 1.68. The van der Waals surface area contributed by atoms with Crippen molar-refractivity contribution in [3.05, 3.63) is 16.5 Å². The average molecular weight is 286 g/mol. The van der Waals surface area contributed by atoms with Crippen molar-refractivity contribution in [2.45, 2.75) is 27.2 Å². The fraction of sp³-hybridized carbons (Fsp3) is 0.615. The summed E-state index contributed by atoms with van der Waals surface area (Å²) >= 11 is 5.93. The number of ether oxygens (including phenoxy) is 1. The van der Waals surface area contributed by atoms with Gasteiger partial charge in [0.1, 0.15) is 16.8 Å². The van der Waals surface area contributed by atoms with E-state index in [-0.39, 0.29) is 10.6 Å². The van der Waals surface area contributed by atoms with Crippen LogP contribution in [0.15, 0.2) is 0 Å². The first-order chi connectivity index (χ1) is 8.89. The number of rotatable bonds is 7. The highest BCUT2D eigenvalue weighted by Crippen LogP contribution is 2.23. The van der Waals surface area contributed by atoms with E-state index in [9.17, 15) is 4.79 Å². The Bertz CT molecular complexity index is 450. The largest absolute Gasteiger partial charge is 0.385 e. The van der Waals surface area contributed by atoms with E-state index in [4.69, 9.17) is 16.3 Å². The van der Waals surface area contributed by atoms with Gasteiger partial charge in [-0.1, -0.05) is 25.4 Å². The summed E-state index contributed by atoms with van der Waals surface area (Å²) in [5.41, 5.74) is 0.330. The summed E-state index contributed by atoms with van der Waals surface area (Å²) in [6.45, 7) is 7.34. The lowest BCUT2D eigenvalue weighted by Gasteiger charge is -2.25. The van der Waals surface area contributed by atoms with Gasteiger partial charge in [0, 0.05) is 20.3 Å². The molecule has 1 aromatic heterocycles. The van der Waals surface area contributed by atoms with Gasteiger partial charge in [-0.2, -0.15) is 0 Å². The van der Waals surface area contributed by atoms with Crippen LogP contribution < -0.4 is 5.32 Å². The lowest BCUT2D eigenvalue weighted by Crippen LogP contribution is -2.25. The number of carbonyl (C=O) groups is 1. The molecule has 106 valence electrons. The molecule has 0 amide bonds. The molecule has 1 aromatic rings. The summed E-state index contributed by atoms with van der Waals surface area (Å²) in [5, 5.41) is 3.35. The summed E-state index contributed by atoms with van der Waals surface area (Å²) in [5.74, 6) is 1.02. The Labute approximate surface area is 118 Å². The molecule has 6 heteroatoms. The SMILES string of the molecule is COCCC(C)(C)CNc1nc(C)nc(Cl)c1C=O. The van der Waals surface area contributed by atoms with E-state index < -0.39 is 0 Å². The maximum absolute atomic E-state index is 11.0. The highest BCUT2D eigenvalue weighted by Gasteiger charge is 2.19. The number of methoxy groups -OCH3 is 1. The van der Waals surface area contributed by atoms with Gasteiger partial charge in [-0.15, -0.1) is 0 Å². The lowest BCUT2D eigenvalue weighted by atomic mass is 9.90. The van der Waals surface area contributed by atoms with Crippen molar-refractivity contribution < 1.29 is 9.53 Å². The lowest BCUT2D eigenvalue weighted by molar-refractivity contribution is 0.112. The van der Waals surface area contributed by atoms with Gasteiger partial charge in [-0.25, -0.2) is 9.97 Å². The molecule has 0 saturated heterocycles. The zero-order valence-electron chi connectivity index (χ0n) is 11.8. The van der Waals surface area contributed by atoms with Crippen LogP contribution in [0.2, 0.25) is 5.15 Å². The summed E-state index contributed by atoms with van der Waals surface area (Å²) < 4.78 is 5.08. The molecule has 0 unspecified atom stereocenters. The van der Waals surface area contributed by atoms with Gasteiger partial charge in [0.25, 0.3) is 0 Å². The van der Waals surface area contributed by atoms with Crippen LogP contribution in [0.1, 0.15) is 36.5 Å². The maximum Gasteiger partial charge on any atom is 0.156 e. The molecule has 0 radical (unpaired) electrons. The molecule has 0 atom stereocenters. The highest BCUT2D eigenvalue weighted by molar-refractivity contribution is 6.32. The van der Waals surface area contributed by atoms with Gasteiger partial charge in [-0.3, -0.25) is 4.79 Å². The average Bonchev–Trinajstić information content (AvgIpc) is 2.33. The van der Waals surface area contributed by atoms with Gasteiger partial charge in [0.15, 0.2) is 6.29 Å².